The molecule has 1 aromatic heterocycles. The van der Waals surface area contributed by atoms with E-state index in [1.165, 1.54) is 18.3 Å². The van der Waals surface area contributed by atoms with Crippen LogP contribution in [0, 0.1) is 17.8 Å². The third-order valence-corrected chi connectivity index (χ3v) is 6.33. The topological polar surface area (TPSA) is 108 Å². The first kappa shape index (κ1) is 25.8. The van der Waals surface area contributed by atoms with Gasteiger partial charge in [-0.15, -0.1) is 0 Å². The van der Waals surface area contributed by atoms with Crippen molar-refractivity contribution in [1.29, 1.82) is 0 Å². The molecule has 0 spiro atoms. The molecule has 0 radical (unpaired) electrons. The van der Waals surface area contributed by atoms with Crippen LogP contribution in [-0.2, 0) is 9.59 Å². The molecule has 2 aromatic rings. The molecule has 1 fully saturated rings. The number of amides is 2. The molecule has 34 heavy (non-hydrogen) atoms. The summed E-state index contributed by atoms with van der Waals surface area (Å²) in [5, 5.41) is 16.9. The quantitative estimate of drug-likeness (QED) is 0.447. The minimum Gasteiger partial charge on any atom is -0.390 e. The van der Waals surface area contributed by atoms with Crippen LogP contribution in [0.15, 0.2) is 48.7 Å². The molecule has 2 unspecified atom stereocenters. The van der Waals surface area contributed by atoms with Crippen LogP contribution in [0.1, 0.15) is 56.0 Å². The second-order valence-corrected chi connectivity index (χ2v) is 10.00. The highest BCUT2D eigenvalue weighted by Gasteiger charge is 2.56. The Bertz CT molecular complexity index is 1030. The summed E-state index contributed by atoms with van der Waals surface area (Å²) in [7, 11) is 0. The predicted molar refractivity (Wildman–Crippen MR) is 130 cm³/mol. The van der Waals surface area contributed by atoms with Crippen molar-refractivity contribution < 1.29 is 19.5 Å². The zero-order chi connectivity index (χ0) is 25.0. The van der Waals surface area contributed by atoms with E-state index in [0.717, 1.165) is 5.56 Å². The number of aromatic nitrogens is 1. The molecule has 1 heterocycles. The van der Waals surface area contributed by atoms with Gasteiger partial charge in [0, 0.05) is 11.8 Å². The van der Waals surface area contributed by atoms with E-state index in [1.807, 2.05) is 58.0 Å². The maximum Gasteiger partial charge on any atom is 0.252 e. The van der Waals surface area contributed by atoms with Crippen molar-refractivity contribution in [3.05, 3.63) is 64.9 Å². The zero-order valence-electron chi connectivity index (χ0n) is 19.9. The van der Waals surface area contributed by atoms with Crippen molar-refractivity contribution >= 4 is 29.2 Å². The summed E-state index contributed by atoms with van der Waals surface area (Å²) in [6.07, 6.45) is 0.804. The number of hydrogen-bond acceptors (Lipinski definition) is 5. The molecule has 182 valence electrons. The first-order valence-electron chi connectivity index (χ1n) is 11.6. The van der Waals surface area contributed by atoms with Gasteiger partial charge in [-0.3, -0.25) is 14.4 Å². The lowest BCUT2D eigenvalue weighted by Gasteiger charge is -2.30. The number of Topliss-reactive ketones (excluding diaryl/α,β-unsaturated/α-hetero) is 1. The number of carbonyl (C=O) groups excluding carboxylic acids is 3. The van der Waals surface area contributed by atoms with Gasteiger partial charge in [-0.05, 0) is 36.0 Å². The average Bonchev–Trinajstić information content (AvgIpc) is 3.47. The second kappa shape index (κ2) is 11.1. The van der Waals surface area contributed by atoms with Crippen molar-refractivity contribution in [2.75, 3.05) is 0 Å². The van der Waals surface area contributed by atoms with Gasteiger partial charge < -0.3 is 15.7 Å². The lowest BCUT2D eigenvalue weighted by Crippen LogP contribution is -2.55. The van der Waals surface area contributed by atoms with Gasteiger partial charge in [-0.2, -0.15) is 0 Å². The molecule has 0 aliphatic heterocycles. The SMILES string of the molecule is CC(C)C[C@H](NC(=O)c1ccnc(Cl)c1)C(=O)N[C@@H](C(C)C)[C@@H](O)C1C(=O)C1c1ccccc1. The fourth-order valence-corrected chi connectivity index (χ4v) is 4.45. The van der Waals surface area contributed by atoms with Crippen molar-refractivity contribution in [3.8, 4) is 0 Å². The lowest BCUT2D eigenvalue weighted by atomic mass is 9.92. The Morgan fingerprint density at radius 1 is 1.09 bits per heavy atom. The second-order valence-electron chi connectivity index (χ2n) is 9.61. The molecule has 8 heteroatoms. The number of benzene rings is 1. The number of pyridine rings is 1. The summed E-state index contributed by atoms with van der Waals surface area (Å²) in [6.45, 7) is 7.68. The molecule has 0 bridgehead atoms. The summed E-state index contributed by atoms with van der Waals surface area (Å²) in [5.41, 5.74) is 1.17. The summed E-state index contributed by atoms with van der Waals surface area (Å²) < 4.78 is 0. The van der Waals surface area contributed by atoms with Crippen molar-refractivity contribution in [3.63, 3.8) is 0 Å². The van der Waals surface area contributed by atoms with Gasteiger partial charge in [0.2, 0.25) is 5.91 Å². The van der Waals surface area contributed by atoms with Gasteiger partial charge >= 0.3 is 0 Å². The number of ketones is 1. The summed E-state index contributed by atoms with van der Waals surface area (Å²) >= 11 is 5.89. The number of hydrogen-bond donors (Lipinski definition) is 3. The van der Waals surface area contributed by atoms with E-state index in [9.17, 15) is 19.5 Å². The van der Waals surface area contributed by atoms with Gasteiger partial charge in [-0.25, -0.2) is 4.98 Å². The van der Waals surface area contributed by atoms with Crippen LogP contribution in [0.4, 0.5) is 0 Å². The smallest absolute Gasteiger partial charge is 0.252 e. The van der Waals surface area contributed by atoms with Crippen LogP contribution in [0.25, 0.3) is 0 Å². The molecule has 1 aromatic carbocycles. The number of halogens is 1. The van der Waals surface area contributed by atoms with E-state index in [1.54, 1.807) is 0 Å². The van der Waals surface area contributed by atoms with Crippen LogP contribution >= 0.6 is 11.6 Å². The van der Waals surface area contributed by atoms with Gasteiger partial charge in [-0.1, -0.05) is 69.6 Å². The van der Waals surface area contributed by atoms with E-state index < -0.39 is 35.9 Å². The monoisotopic (exact) mass is 485 g/mol. The summed E-state index contributed by atoms with van der Waals surface area (Å²) in [5.74, 6) is -1.79. The largest absolute Gasteiger partial charge is 0.390 e. The number of aliphatic hydroxyl groups is 1. The Hall–Kier alpha value is -2.77. The Morgan fingerprint density at radius 3 is 2.35 bits per heavy atom. The van der Waals surface area contributed by atoms with E-state index in [0.29, 0.717) is 12.0 Å². The molecule has 2 amide bonds. The highest BCUT2D eigenvalue weighted by atomic mass is 35.5. The summed E-state index contributed by atoms with van der Waals surface area (Å²) in [4.78, 5) is 42.4. The Balaban J connectivity index is 1.72. The van der Waals surface area contributed by atoms with Crippen LogP contribution in [0.5, 0.6) is 0 Å². The maximum atomic E-state index is 13.2. The van der Waals surface area contributed by atoms with Crippen molar-refractivity contribution in [1.82, 2.24) is 15.6 Å². The number of nitrogens with one attached hydrogen (secondary N) is 2. The number of carbonyl (C=O) groups is 3. The van der Waals surface area contributed by atoms with Gasteiger partial charge in [0.1, 0.15) is 17.0 Å². The fourth-order valence-electron chi connectivity index (χ4n) is 4.28. The Kier molecular flexibility index (Phi) is 8.44. The number of aliphatic hydroxyl groups excluding tert-OH is 1. The molecule has 5 atom stereocenters. The van der Waals surface area contributed by atoms with Crippen LogP contribution in [0.3, 0.4) is 0 Å². The minimum atomic E-state index is -1.03. The van der Waals surface area contributed by atoms with E-state index in [-0.39, 0.29) is 28.7 Å². The molecule has 1 saturated carbocycles. The molecular formula is C26H32ClN3O4. The molecule has 7 nitrogen and oxygen atoms in total. The van der Waals surface area contributed by atoms with Crippen molar-refractivity contribution in [2.24, 2.45) is 17.8 Å². The normalized spacial score (nSPS) is 20.1. The Labute approximate surface area is 205 Å². The lowest BCUT2D eigenvalue weighted by molar-refractivity contribution is -0.126. The molecule has 3 rings (SSSR count). The van der Waals surface area contributed by atoms with Crippen molar-refractivity contribution in [2.45, 2.75) is 58.2 Å². The first-order chi connectivity index (χ1) is 16.1. The van der Waals surface area contributed by atoms with E-state index in [2.05, 4.69) is 15.6 Å². The standard InChI is InChI=1S/C26H32ClN3O4/c1-14(2)12-18(29-25(33)17-10-11-28-19(27)13-17)26(34)30-22(15(3)4)24(32)21-20(23(21)31)16-8-6-5-7-9-16/h5-11,13-15,18,20-22,24,32H,12H2,1-4H3,(H,29,33)(H,30,34)/t18-,20?,21?,22-,24-/m0/s1. The molecule has 3 N–H and O–H groups in total. The third kappa shape index (κ3) is 6.21. The predicted octanol–water partition coefficient (Wildman–Crippen LogP) is 3.36. The molecular weight excluding hydrogens is 454 g/mol. The van der Waals surface area contributed by atoms with Crippen LogP contribution < -0.4 is 10.6 Å². The highest BCUT2D eigenvalue weighted by molar-refractivity contribution is 6.29. The number of nitrogens with zero attached hydrogens (tertiary/aromatic N) is 1. The Morgan fingerprint density at radius 2 is 1.76 bits per heavy atom. The van der Waals surface area contributed by atoms with Crippen LogP contribution in [-0.4, -0.2) is 45.9 Å². The summed E-state index contributed by atoms with van der Waals surface area (Å²) in [6, 6.07) is 10.9. The molecule has 1 aliphatic carbocycles. The third-order valence-electron chi connectivity index (χ3n) is 6.12. The first-order valence-corrected chi connectivity index (χ1v) is 12.0. The maximum absolute atomic E-state index is 13.2. The average molecular weight is 486 g/mol. The number of rotatable bonds is 10. The van der Waals surface area contributed by atoms with Gasteiger partial charge in [0.15, 0.2) is 0 Å². The van der Waals surface area contributed by atoms with Gasteiger partial charge in [0.25, 0.3) is 5.91 Å². The molecule has 1 aliphatic rings. The van der Waals surface area contributed by atoms with E-state index >= 15 is 0 Å². The highest BCUT2D eigenvalue weighted by Crippen LogP contribution is 2.46. The fraction of sp³-hybridized carbons (Fsp3) is 0.462. The minimum absolute atomic E-state index is 0.0276. The van der Waals surface area contributed by atoms with Gasteiger partial charge in [0.05, 0.1) is 24.0 Å². The van der Waals surface area contributed by atoms with E-state index in [4.69, 9.17) is 11.6 Å². The molecule has 0 saturated heterocycles. The van der Waals surface area contributed by atoms with Crippen LogP contribution in [0.2, 0.25) is 5.15 Å². The zero-order valence-corrected chi connectivity index (χ0v) is 20.6.